The molecular formula is C19H19NO3S. The van der Waals surface area contributed by atoms with Crippen molar-refractivity contribution < 1.29 is 13.2 Å². The molecule has 24 heavy (non-hydrogen) atoms. The third-order valence-corrected chi connectivity index (χ3v) is 7.50. The quantitative estimate of drug-likeness (QED) is 0.842. The Bertz CT molecular complexity index is 920. The molecule has 2 aromatic carbocycles. The summed E-state index contributed by atoms with van der Waals surface area (Å²) in [6.45, 7) is 2.78. The molecule has 2 heterocycles. The molecular weight excluding hydrogens is 322 g/mol. The van der Waals surface area contributed by atoms with Gasteiger partial charge < -0.3 is 4.90 Å². The van der Waals surface area contributed by atoms with Gasteiger partial charge in [-0.25, -0.2) is 8.42 Å². The maximum absolute atomic E-state index is 12.7. The molecule has 1 fully saturated rings. The molecule has 2 aromatic rings. The second-order valence-corrected chi connectivity index (χ2v) is 8.77. The molecule has 0 unspecified atom stereocenters. The van der Waals surface area contributed by atoms with Crippen LogP contribution in [0.5, 0.6) is 0 Å². The molecule has 4 nitrogen and oxygen atoms in total. The van der Waals surface area contributed by atoms with Crippen LogP contribution in [0.4, 0.5) is 0 Å². The highest BCUT2D eigenvalue weighted by Gasteiger charge is 2.50. The molecule has 0 aromatic heterocycles. The van der Waals surface area contributed by atoms with E-state index < -0.39 is 15.1 Å². The van der Waals surface area contributed by atoms with Crippen LogP contribution in [0.3, 0.4) is 0 Å². The van der Waals surface area contributed by atoms with Gasteiger partial charge in [-0.2, -0.15) is 0 Å². The van der Waals surface area contributed by atoms with Crippen molar-refractivity contribution in [3.63, 3.8) is 0 Å². The molecule has 0 radical (unpaired) electrons. The fourth-order valence-electron chi connectivity index (χ4n) is 3.88. The second-order valence-electron chi connectivity index (χ2n) is 6.63. The summed E-state index contributed by atoms with van der Waals surface area (Å²) >= 11 is 0. The van der Waals surface area contributed by atoms with Crippen molar-refractivity contribution in [3.05, 3.63) is 65.2 Å². The lowest BCUT2D eigenvalue weighted by Crippen LogP contribution is -2.33. The average Bonchev–Trinajstić information content (AvgIpc) is 3.10. The highest BCUT2D eigenvalue weighted by atomic mass is 32.2. The lowest BCUT2D eigenvalue weighted by Gasteiger charge is -2.18. The van der Waals surface area contributed by atoms with Gasteiger partial charge >= 0.3 is 0 Å². The number of carbonyl (C=O) groups excluding carboxylic acids is 1. The third kappa shape index (κ3) is 2.26. The first-order valence-electron chi connectivity index (χ1n) is 8.13. The number of benzene rings is 2. The maximum atomic E-state index is 12.7. The smallest absolute Gasteiger partial charge is 0.227 e. The Hall–Kier alpha value is -2.14. The molecule has 2 aliphatic heterocycles. The van der Waals surface area contributed by atoms with Gasteiger partial charge in [0, 0.05) is 19.0 Å². The molecule has 1 amide bonds. The Morgan fingerprint density at radius 3 is 2.58 bits per heavy atom. The van der Waals surface area contributed by atoms with Crippen LogP contribution < -0.4 is 0 Å². The van der Waals surface area contributed by atoms with E-state index in [4.69, 9.17) is 0 Å². The Balaban J connectivity index is 1.58. The minimum Gasteiger partial charge on any atom is -0.340 e. The van der Waals surface area contributed by atoms with Gasteiger partial charge in [0.05, 0.1) is 16.6 Å². The van der Waals surface area contributed by atoms with E-state index in [-0.39, 0.29) is 11.8 Å². The van der Waals surface area contributed by atoms with E-state index in [1.54, 1.807) is 17.0 Å². The van der Waals surface area contributed by atoms with Crippen molar-refractivity contribution in [3.8, 4) is 0 Å². The zero-order valence-corrected chi connectivity index (χ0v) is 14.3. The summed E-state index contributed by atoms with van der Waals surface area (Å²) in [5.41, 5.74) is 2.96. The molecule has 1 saturated heterocycles. The molecule has 0 aliphatic carbocycles. The highest BCUT2D eigenvalue weighted by molar-refractivity contribution is 7.92. The largest absolute Gasteiger partial charge is 0.340 e. The van der Waals surface area contributed by atoms with Crippen molar-refractivity contribution in [1.82, 2.24) is 4.90 Å². The first-order chi connectivity index (χ1) is 11.5. The Morgan fingerprint density at radius 2 is 1.79 bits per heavy atom. The summed E-state index contributed by atoms with van der Waals surface area (Å²) in [5, 5.41) is -0.490. The molecule has 4 rings (SSSR count). The summed E-state index contributed by atoms with van der Waals surface area (Å²) < 4.78 is 25.4. The summed E-state index contributed by atoms with van der Waals surface area (Å²) in [4.78, 5) is 14.8. The number of amides is 1. The fourth-order valence-corrected chi connectivity index (χ4v) is 6.07. The van der Waals surface area contributed by atoms with Crippen molar-refractivity contribution in [1.29, 1.82) is 0 Å². The maximum Gasteiger partial charge on any atom is 0.227 e. The number of hydrogen-bond acceptors (Lipinski definition) is 3. The number of carbonyl (C=O) groups is 1. The summed E-state index contributed by atoms with van der Waals surface area (Å²) in [7, 11) is -3.32. The van der Waals surface area contributed by atoms with Gasteiger partial charge in [-0.3, -0.25) is 4.79 Å². The van der Waals surface area contributed by atoms with Crippen LogP contribution in [-0.2, 0) is 21.1 Å². The monoisotopic (exact) mass is 341 g/mol. The van der Waals surface area contributed by atoms with E-state index in [0.717, 1.165) is 16.7 Å². The summed E-state index contributed by atoms with van der Waals surface area (Å²) in [6, 6.07) is 15.0. The van der Waals surface area contributed by atoms with Crippen LogP contribution in [0.2, 0.25) is 0 Å². The molecule has 0 saturated carbocycles. The van der Waals surface area contributed by atoms with Gasteiger partial charge in [0.15, 0.2) is 9.84 Å². The van der Waals surface area contributed by atoms with Crippen LogP contribution in [0.15, 0.2) is 53.4 Å². The van der Waals surface area contributed by atoms with Crippen molar-refractivity contribution in [2.45, 2.75) is 29.4 Å². The number of nitrogens with zero attached hydrogens (tertiary/aromatic N) is 1. The molecule has 0 bridgehead atoms. The zero-order valence-electron chi connectivity index (χ0n) is 13.5. The van der Waals surface area contributed by atoms with E-state index >= 15 is 0 Å². The van der Waals surface area contributed by atoms with Gasteiger partial charge in [0.25, 0.3) is 0 Å². The Morgan fingerprint density at radius 1 is 1.08 bits per heavy atom. The van der Waals surface area contributed by atoms with Crippen molar-refractivity contribution in [2.75, 3.05) is 13.1 Å². The SMILES string of the molecule is Cc1ccccc1CC(=O)N1C[C@@H]2[C@@H](C1)c1ccccc1S2(=O)=O. The number of likely N-dealkylation sites (tertiary alicyclic amines) is 1. The molecule has 0 spiro atoms. The Labute approximate surface area is 142 Å². The number of sulfone groups is 1. The van der Waals surface area contributed by atoms with Gasteiger partial charge in [-0.05, 0) is 29.7 Å². The predicted molar refractivity (Wildman–Crippen MR) is 91.6 cm³/mol. The topological polar surface area (TPSA) is 54.5 Å². The number of rotatable bonds is 2. The van der Waals surface area contributed by atoms with Crippen LogP contribution in [0.1, 0.15) is 22.6 Å². The van der Waals surface area contributed by atoms with E-state index in [1.165, 1.54) is 0 Å². The van der Waals surface area contributed by atoms with Gasteiger partial charge in [-0.1, -0.05) is 42.5 Å². The molecule has 5 heteroatoms. The highest BCUT2D eigenvalue weighted by Crippen LogP contribution is 2.44. The van der Waals surface area contributed by atoms with Crippen molar-refractivity contribution >= 4 is 15.7 Å². The minimum atomic E-state index is -3.32. The summed E-state index contributed by atoms with van der Waals surface area (Å²) in [5.74, 6) is -0.0848. The van der Waals surface area contributed by atoms with E-state index in [1.807, 2.05) is 43.3 Å². The normalized spacial score (nSPS) is 23.8. The zero-order chi connectivity index (χ0) is 16.9. The number of hydrogen-bond donors (Lipinski definition) is 0. The lowest BCUT2D eigenvalue weighted by molar-refractivity contribution is -0.129. The Kier molecular flexibility index (Phi) is 3.49. The van der Waals surface area contributed by atoms with Gasteiger partial charge in [0.1, 0.15) is 0 Å². The van der Waals surface area contributed by atoms with Gasteiger partial charge in [-0.15, -0.1) is 0 Å². The molecule has 2 aliphatic rings. The first-order valence-corrected chi connectivity index (χ1v) is 9.68. The predicted octanol–water partition coefficient (Wildman–Crippen LogP) is 2.32. The van der Waals surface area contributed by atoms with Crippen LogP contribution in [0, 0.1) is 6.92 Å². The van der Waals surface area contributed by atoms with E-state index in [9.17, 15) is 13.2 Å². The molecule has 124 valence electrons. The van der Waals surface area contributed by atoms with Crippen molar-refractivity contribution in [2.24, 2.45) is 0 Å². The van der Waals surface area contributed by atoms with E-state index in [0.29, 0.717) is 24.4 Å². The van der Waals surface area contributed by atoms with Crippen LogP contribution >= 0.6 is 0 Å². The van der Waals surface area contributed by atoms with Crippen LogP contribution in [-0.4, -0.2) is 37.6 Å². The third-order valence-electron chi connectivity index (χ3n) is 5.25. The molecule has 0 N–H and O–H groups in total. The standard InChI is InChI=1S/C19H19NO3S/c1-13-6-2-3-7-14(13)10-19(21)20-11-16-15-8-4-5-9-17(15)24(22,23)18(16)12-20/h2-9,16,18H,10-12H2,1H3/t16-,18+/m0/s1. The second kappa shape index (κ2) is 5.45. The van der Waals surface area contributed by atoms with E-state index in [2.05, 4.69) is 0 Å². The lowest BCUT2D eigenvalue weighted by atomic mass is 9.99. The first kappa shape index (κ1) is 15.4. The number of fused-ring (bicyclic) bond motifs is 3. The fraction of sp³-hybridized carbons (Fsp3) is 0.316. The number of aryl methyl sites for hydroxylation is 1. The summed E-state index contributed by atoms with van der Waals surface area (Å²) in [6.07, 6.45) is 0.327. The average molecular weight is 341 g/mol. The minimum absolute atomic E-state index is 0.00591. The van der Waals surface area contributed by atoms with Gasteiger partial charge in [0.2, 0.25) is 5.91 Å². The molecule has 2 atom stereocenters. The van der Waals surface area contributed by atoms with Crippen LogP contribution in [0.25, 0.3) is 0 Å².